The molecule has 168 valence electrons. The van der Waals surface area contributed by atoms with Crippen LogP contribution in [0.3, 0.4) is 0 Å². The summed E-state index contributed by atoms with van der Waals surface area (Å²) in [7, 11) is 1.76. The Kier molecular flexibility index (Phi) is 6.70. The highest BCUT2D eigenvalue weighted by molar-refractivity contribution is 6.09. The molecule has 2 aliphatic rings. The number of piperidine rings is 1. The molecular formula is C26H31N3O3. The molecule has 0 saturated carbocycles. The topological polar surface area (TPSA) is 78.5 Å². The van der Waals surface area contributed by atoms with E-state index in [1.54, 1.807) is 7.05 Å². The zero-order valence-electron chi connectivity index (χ0n) is 18.7. The predicted molar refractivity (Wildman–Crippen MR) is 123 cm³/mol. The molecule has 2 aliphatic heterocycles. The fraction of sp³-hybridized carbons (Fsp3) is 0.423. The first-order chi connectivity index (χ1) is 15.5. The van der Waals surface area contributed by atoms with E-state index in [-0.39, 0.29) is 35.7 Å². The maximum atomic E-state index is 13.4. The third kappa shape index (κ3) is 4.32. The summed E-state index contributed by atoms with van der Waals surface area (Å²) in [6.45, 7) is 1.94. The first-order valence-corrected chi connectivity index (χ1v) is 11.5. The number of ketones is 1. The van der Waals surface area contributed by atoms with Crippen molar-refractivity contribution >= 4 is 17.6 Å². The SMILES string of the molecule is CCC(NC)C(=O)N[C@H]1CC[C@H]2CC[C@@H](c3cccc(C(=O)c4ccccc4)c3)N2C1=O. The third-order valence-electron chi connectivity index (χ3n) is 6.80. The van der Waals surface area contributed by atoms with E-state index in [2.05, 4.69) is 10.6 Å². The summed E-state index contributed by atoms with van der Waals surface area (Å²) in [5, 5.41) is 5.96. The number of fused-ring (bicyclic) bond motifs is 1. The van der Waals surface area contributed by atoms with E-state index in [1.807, 2.05) is 66.4 Å². The average molecular weight is 434 g/mol. The van der Waals surface area contributed by atoms with Crippen LogP contribution in [0.4, 0.5) is 0 Å². The maximum Gasteiger partial charge on any atom is 0.245 e. The van der Waals surface area contributed by atoms with Gasteiger partial charge >= 0.3 is 0 Å². The van der Waals surface area contributed by atoms with Gasteiger partial charge in [-0.1, -0.05) is 55.5 Å². The van der Waals surface area contributed by atoms with Crippen molar-refractivity contribution < 1.29 is 14.4 Å². The fourth-order valence-corrected chi connectivity index (χ4v) is 5.06. The number of nitrogens with one attached hydrogen (secondary N) is 2. The van der Waals surface area contributed by atoms with Crippen LogP contribution in [0.1, 0.15) is 66.6 Å². The minimum atomic E-state index is -0.490. The molecule has 4 rings (SSSR count). The lowest BCUT2D eigenvalue weighted by Gasteiger charge is -2.39. The zero-order valence-corrected chi connectivity index (χ0v) is 18.7. The van der Waals surface area contributed by atoms with E-state index in [9.17, 15) is 14.4 Å². The van der Waals surface area contributed by atoms with Crippen LogP contribution in [0.25, 0.3) is 0 Å². The summed E-state index contributed by atoms with van der Waals surface area (Å²) in [5.74, 6) is -0.157. The highest BCUT2D eigenvalue weighted by Gasteiger charge is 2.44. The van der Waals surface area contributed by atoms with Crippen molar-refractivity contribution in [2.24, 2.45) is 0 Å². The average Bonchev–Trinajstić information content (AvgIpc) is 3.27. The molecule has 0 aromatic heterocycles. The molecule has 2 amide bonds. The number of amides is 2. The third-order valence-corrected chi connectivity index (χ3v) is 6.80. The number of nitrogens with zero attached hydrogens (tertiary/aromatic N) is 1. The van der Waals surface area contributed by atoms with E-state index in [4.69, 9.17) is 0 Å². The van der Waals surface area contributed by atoms with Gasteiger partial charge in [0.05, 0.1) is 12.1 Å². The fourth-order valence-electron chi connectivity index (χ4n) is 5.06. The first kappa shape index (κ1) is 22.2. The van der Waals surface area contributed by atoms with Crippen LogP contribution in [0.15, 0.2) is 54.6 Å². The van der Waals surface area contributed by atoms with E-state index < -0.39 is 6.04 Å². The minimum Gasteiger partial charge on any atom is -0.343 e. The number of carbonyl (C=O) groups is 3. The Labute approximate surface area is 189 Å². The predicted octanol–water partition coefficient (Wildman–Crippen LogP) is 3.23. The van der Waals surface area contributed by atoms with Gasteiger partial charge in [-0.2, -0.15) is 0 Å². The van der Waals surface area contributed by atoms with Crippen LogP contribution in [0.5, 0.6) is 0 Å². The highest BCUT2D eigenvalue weighted by Crippen LogP contribution is 2.41. The van der Waals surface area contributed by atoms with Gasteiger partial charge in [-0.3, -0.25) is 14.4 Å². The van der Waals surface area contributed by atoms with Crippen molar-refractivity contribution in [3.8, 4) is 0 Å². The Bertz CT molecular complexity index is 987. The summed E-state index contributed by atoms with van der Waals surface area (Å²) in [6, 6.07) is 16.2. The van der Waals surface area contributed by atoms with Crippen molar-refractivity contribution in [1.29, 1.82) is 0 Å². The number of hydrogen-bond donors (Lipinski definition) is 2. The summed E-state index contributed by atoms with van der Waals surface area (Å²) < 4.78 is 0. The van der Waals surface area contributed by atoms with Gasteiger partial charge in [0.2, 0.25) is 11.8 Å². The van der Waals surface area contributed by atoms with Crippen molar-refractivity contribution in [3.05, 3.63) is 71.3 Å². The van der Waals surface area contributed by atoms with E-state index >= 15 is 0 Å². The van der Waals surface area contributed by atoms with Crippen LogP contribution in [-0.2, 0) is 9.59 Å². The molecule has 32 heavy (non-hydrogen) atoms. The number of hydrogen-bond acceptors (Lipinski definition) is 4. The monoisotopic (exact) mass is 433 g/mol. The van der Waals surface area contributed by atoms with E-state index in [1.165, 1.54) is 0 Å². The molecule has 2 aromatic carbocycles. The smallest absolute Gasteiger partial charge is 0.245 e. The largest absolute Gasteiger partial charge is 0.343 e. The Hall–Kier alpha value is -2.99. The lowest BCUT2D eigenvalue weighted by Crippen LogP contribution is -2.57. The van der Waals surface area contributed by atoms with Crippen LogP contribution < -0.4 is 10.6 Å². The number of benzene rings is 2. The van der Waals surface area contributed by atoms with Gasteiger partial charge in [0.25, 0.3) is 0 Å². The summed E-state index contributed by atoms with van der Waals surface area (Å²) in [6.07, 6.45) is 4.04. The molecule has 6 heteroatoms. The molecule has 1 unspecified atom stereocenters. The molecule has 2 aromatic rings. The van der Waals surface area contributed by atoms with Crippen molar-refractivity contribution in [3.63, 3.8) is 0 Å². The van der Waals surface area contributed by atoms with Crippen LogP contribution in [0.2, 0.25) is 0 Å². The number of likely N-dealkylation sites (N-methyl/N-ethyl adjacent to an activating group) is 1. The molecule has 2 heterocycles. The highest BCUT2D eigenvalue weighted by atomic mass is 16.2. The standard InChI is InChI=1S/C26H31N3O3/c1-3-21(27-2)25(31)28-22-14-12-20-13-15-23(29(20)26(22)32)18-10-7-11-19(16-18)24(30)17-8-5-4-6-9-17/h4-11,16,20-23,27H,3,12-15H2,1-2H3,(H,28,31)/t20-,21?,22-,23-/m0/s1. The number of rotatable bonds is 7. The molecule has 0 radical (unpaired) electrons. The Morgan fingerprint density at radius 2 is 1.72 bits per heavy atom. The minimum absolute atomic E-state index is 0.0113. The normalized spacial score (nSPS) is 23.5. The van der Waals surface area contributed by atoms with E-state index in [0.717, 1.165) is 24.8 Å². The Morgan fingerprint density at radius 1 is 1.00 bits per heavy atom. The molecule has 6 nitrogen and oxygen atoms in total. The van der Waals surface area contributed by atoms with Gasteiger partial charge in [-0.05, 0) is 50.8 Å². The van der Waals surface area contributed by atoms with Gasteiger partial charge in [0, 0.05) is 17.2 Å². The second-order valence-electron chi connectivity index (χ2n) is 8.70. The summed E-state index contributed by atoms with van der Waals surface area (Å²) in [4.78, 5) is 40.8. The zero-order chi connectivity index (χ0) is 22.7. The van der Waals surface area contributed by atoms with Gasteiger partial charge < -0.3 is 15.5 Å². The molecule has 0 spiro atoms. The van der Waals surface area contributed by atoms with Crippen LogP contribution in [-0.4, -0.2) is 47.7 Å². The Morgan fingerprint density at radius 3 is 2.44 bits per heavy atom. The molecule has 2 N–H and O–H groups in total. The van der Waals surface area contributed by atoms with Gasteiger partial charge in [-0.25, -0.2) is 0 Å². The lowest BCUT2D eigenvalue weighted by molar-refractivity contribution is -0.142. The second-order valence-corrected chi connectivity index (χ2v) is 8.70. The van der Waals surface area contributed by atoms with Gasteiger partial charge in [0.1, 0.15) is 6.04 Å². The first-order valence-electron chi connectivity index (χ1n) is 11.5. The molecule has 0 aliphatic carbocycles. The summed E-state index contributed by atoms with van der Waals surface area (Å²) in [5.41, 5.74) is 2.27. The second kappa shape index (κ2) is 9.65. The van der Waals surface area contributed by atoms with Crippen LogP contribution in [0, 0.1) is 0 Å². The molecule has 2 saturated heterocycles. The van der Waals surface area contributed by atoms with Crippen molar-refractivity contribution in [2.75, 3.05) is 7.05 Å². The molecular weight excluding hydrogens is 402 g/mol. The summed E-state index contributed by atoms with van der Waals surface area (Å²) >= 11 is 0. The van der Waals surface area contributed by atoms with Gasteiger partial charge in [0.15, 0.2) is 5.78 Å². The maximum absolute atomic E-state index is 13.4. The van der Waals surface area contributed by atoms with Crippen LogP contribution >= 0.6 is 0 Å². The molecule has 0 bridgehead atoms. The Balaban J connectivity index is 1.53. The quantitative estimate of drug-likeness (QED) is 0.657. The van der Waals surface area contributed by atoms with Crippen molar-refractivity contribution in [2.45, 2.75) is 63.2 Å². The van der Waals surface area contributed by atoms with E-state index in [0.29, 0.717) is 24.0 Å². The van der Waals surface area contributed by atoms with Gasteiger partial charge in [-0.15, -0.1) is 0 Å². The van der Waals surface area contributed by atoms with Crippen molar-refractivity contribution in [1.82, 2.24) is 15.5 Å². The molecule has 4 atom stereocenters. The molecule has 2 fully saturated rings. The number of carbonyl (C=O) groups excluding carboxylic acids is 3. The lowest BCUT2D eigenvalue weighted by atomic mass is 9.96.